The van der Waals surface area contributed by atoms with Crippen molar-refractivity contribution < 1.29 is 13.2 Å². The van der Waals surface area contributed by atoms with Gasteiger partial charge in [0.05, 0.1) is 0 Å². The number of nitrogens with zero attached hydrogens (tertiary/aromatic N) is 2. The minimum absolute atomic E-state index is 0.284. The summed E-state index contributed by atoms with van der Waals surface area (Å²) in [7, 11) is 0. The number of aromatic nitrogens is 2. The first-order valence-corrected chi connectivity index (χ1v) is 8.41. The zero-order valence-electron chi connectivity index (χ0n) is 12.0. The normalized spacial score (nSPS) is 12.3. The van der Waals surface area contributed by atoms with E-state index in [1.165, 1.54) is 23.9 Å². The summed E-state index contributed by atoms with van der Waals surface area (Å²) in [5, 5.41) is 8.01. The molecule has 3 rings (SSSR count). The monoisotopic (exact) mass is 396 g/mol. The second kappa shape index (κ2) is 6.80. The third kappa shape index (κ3) is 3.79. The van der Waals surface area contributed by atoms with Crippen molar-refractivity contribution in [3.8, 4) is 11.5 Å². The molecule has 0 N–H and O–H groups in total. The second-order valence-corrected chi connectivity index (χ2v) is 7.01. The van der Waals surface area contributed by atoms with E-state index >= 15 is 0 Å². The van der Waals surface area contributed by atoms with Crippen LogP contribution in [0.3, 0.4) is 0 Å². The summed E-state index contributed by atoms with van der Waals surface area (Å²) in [5.41, 5.74) is 1.19. The molecule has 1 unspecified atom stereocenters. The first kappa shape index (κ1) is 16.1. The fourth-order valence-electron chi connectivity index (χ4n) is 2.01. The summed E-state index contributed by atoms with van der Waals surface area (Å²) < 4.78 is 33.3. The van der Waals surface area contributed by atoms with E-state index in [4.69, 9.17) is 4.42 Å². The smallest absolute Gasteiger partial charge is 0.277 e. The van der Waals surface area contributed by atoms with Gasteiger partial charge in [0.25, 0.3) is 5.22 Å². The SMILES string of the molecule is CC(Sc1nnc(-c2ccc(Br)cc2)o1)c1ccc(F)cc1F. The fourth-order valence-corrected chi connectivity index (χ4v) is 3.11. The topological polar surface area (TPSA) is 38.9 Å². The van der Waals surface area contributed by atoms with Gasteiger partial charge in [0.1, 0.15) is 11.6 Å². The summed E-state index contributed by atoms with van der Waals surface area (Å²) in [4.78, 5) is 0. The molecule has 3 nitrogen and oxygen atoms in total. The minimum atomic E-state index is -0.598. The molecule has 0 saturated carbocycles. The van der Waals surface area contributed by atoms with Crippen LogP contribution in [0.15, 0.2) is 56.6 Å². The molecular formula is C16H11BrF2N2OS. The Morgan fingerprint density at radius 1 is 1.09 bits per heavy atom. The second-order valence-electron chi connectivity index (χ2n) is 4.81. The Kier molecular flexibility index (Phi) is 4.77. The van der Waals surface area contributed by atoms with Crippen LogP contribution in [0.5, 0.6) is 0 Å². The average Bonchev–Trinajstić information content (AvgIpc) is 2.96. The van der Waals surface area contributed by atoms with Crippen LogP contribution in [-0.4, -0.2) is 10.2 Å². The summed E-state index contributed by atoms with van der Waals surface area (Å²) in [6, 6.07) is 11.0. The van der Waals surface area contributed by atoms with E-state index in [1.807, 2.05) is 24.3 Å². The largest absolute Gasteiger partial charge is 0.411 e. The maximum Gasteiger partial charge on any atom is 0.277 e. The highest BCUT2D eigenvalue weighted by atomic mass is 79.9. The van der Waals surface area contributed by atoms with Crippen LogP contribution >= 0.6 is 27.7 Å². The Labute approximate surface area is 144 Å². The zero-order chi connectivity index (χ0) is 16.4. The van der Waals surface area contributed by atoms with Gasteiger partial charge in [-0.25, -0.2) is 8.78 Å². The third-order valence-corrected chi connectivity index (χ3v) is 4.68. The average molecular weight is 397 g/mol. The van der Waals surface area contributed by atoms with Crippen molar-refractivity contribution >= 4 is 27.7 Å². The molecule has 0 aliphatic heterocycles. The van der Waals surface area contributed by atoms with E-state index in [-0.39, 0.29) is 5.25 Å². The van der Waals surface area contributed by atoms with Crippen LogP contribution in [0.4, 0.5) is 8.78 Å². The lowest BCUT2D eigenvalue weighted by Crippen LogP contribution is -1.94. The standard InChI is InChI=1S/C16H11BrF2N2OS/c1-9(13-7-6-12(18)8-14(13)19)23-16-21-20-15(22-16)10-2-4-11(17)5-3-10/h2-9H,1H3. The molecule has 118 valence electrons. The van der Waals surface area contributed by atoms with Crippen LogP contribution in [0.25, 0.3) is 11.5 Å². The predicted octanol–water partition coefficient (Wildman–Crippen LogP) is 5.63. The van der Waals surface area contributed by atoms with Gasteiger partial charge >= 0.3 is 0 Å². The first-order valence-electron chi connectivity index (χ1n) is 6.74. The Balaban J connectivity index is 1.77. The molecule has 0 aliphatic carbocycles. The van der Waals surface area contributed by atoms with Crippen molar-refractivity contribution in [3.63, 3.8) is 0 Å². The summed E-state index contributed by atoms with van der Waals surface area (Å²) in [5.74, 6) is -0.789. The molecule has 7 heteroatoms. The molecule has 0 spiro atoms. The van der Waals surface area contributed by atoms with Crippen LogP contribution < -0.4 is 0 Å². The lowest BCUT2D eigenvalue weighted by Gasteiger charge is -2.09. The summed E-state index contributed by atoms with van der Waals surface area (Å²) in [6.07, 6.45) is 0. The lowest BCUT2D eigenvalue weighted by molar-refractivity contribution is 0.465. The first-order chi connectivity index (χ1) is 11.0. The summed E-state index contributed by atoms with van der Waals surface area (Å²) >= 11 is 4.58. The van der Waals surface area contributed by atoms with Crippen molar-refractivity contribution in [2.24, 2.45) is 0 Å². The molecule has 0 radical (unpaired) electrons. The van der Waals surface area contributed by atoms with Gasteiger partial charge in [-0.2, -0.15) is 0 Å². The molecule has 0 fully saturated rings. The molecule has 1 aromatic heterocycles. The van der Waals surface area contributed by atoms with E-state index in [0.29, 0.717) is 16.7 Å². The number of halogens is 3. The summed E-state index contributed by atoms with van der Waals surface area (Å²) in [6.45, 7) is 1.80. The van der Waals surface area contributed by atoms with Crippen LogP contribution in [-0.2, 0) is 0 Å². The molecule has 3 aromatic rings. The Hall–Kier alpha value is -1.73. The third-order valence-electron chi connectivity index (χ3n) is 3.18. The molecule has 1 atom stereocenters. The van der Waals surface area contributed by atoms with Gasteiger partial charge in [-0.15, -0.1) is 10.2 Å². The number of hydrogen-bond donors (Lipinski definition) is 0. The Morgan fingerprint density at radius 3 is 2.52 bits per heavy atom. The van der Waals surface area contributed by atoms with Crippen LogP contribution in [0, 0.1) is 11.6 Å². The van der Waals surface area contributed by atoms with Crippen LogP contribution in [0.1, 0.15) is 17.7 Å². The molecule has 23 heavy (non-hydrogen) atoms. The van der Waals surface area contributed by atoms with Crippen molar-refractivity contribution in [1.29, 1.82) is 0 Å². The van der Waals surface area contributed by atoms with Gasteiger partial charge in [0.2, 0.25) is 5.89 Å². The highest BCUT2D eigenvalue weighted by Gasteiger charge is 2.17. The molecule has 0 aliphatic rings. The van der Waals surface area contributed by atoms with Gasteiger partial charge in [0, 0.05) is 26.9 Å². The van der Waals surface area contributed by atoms with E-state index in [1.54, 1.807) is 6.92 Å². The van der Waals surface area contributed by atoms with E-state index in [0.717, 1.165) is 16.1 Å². The molecule has 1 heterocycles. The van der Waals surface area contributed by atoms with Crippen molar-refractivity contribution in [2.75, 3.05) is 0 Å². The zero-order valence-corrected chi connectivity index (χ0v) is 14.4. The maximum atomic E-state index is 13.8. The lowest BCUT2D eigenvalue weighted by atomic mass is 10.1. The van der Waals surface area contributed by atoms with Gasteiger partial charge in [0.15, 0.2) is 0 Å². The maximum absolute atomic E-state index is 13.8. The number of thioether (sulfide) groups is 1. The number of hydrogen-bond acceptors (Lipinski definition) is 4. The fraction of sp³-hybridized carbons (Fsp3) is 0.125. The minimum Gasteiger partial charge on any atom is -0.411 e. The molecule has 2 aromatic carbocycles. The number of rotatable bonds is 4. The van der Waals surface area contributed by atoms with Gasteiger partial charge in [-0.1, -0.05) is 33.8 Å². The van der Waals surface area contributed by atoms with Crippen molar-refractivity contribution in [2.45, 2.75) is 17.4 Å². The van der Waals surface area contributed by atoms with Crippen molar-refractivity contribution in [3.05, 3.63) is 64.1 Å². The molecule has 0 bridgehead atoms. The highest BCUT2D eigenvalue weighted by molar-refractivity contribution is 9.10. The Bertz CT molecular complexity index is 823. The van der Waals surface area contributed by atoms with Gasteiger partial charge < -0.3 is 4.42 Å². The van der Waals surface area contributed by atoms with E-state index < -0.39 is 11.6 Å². The number of benzene rings is 2. The van der Waals surface area contributed by atoms with Crippen LogP contribution in [0.2, 0.25) is 0 Å². The van der Waals surface area contributed by atoms with E-state index in [9.17, 15) is 8.78 Å². The highest BCUT2D eigenvalue weighted by Crippen LogP contribution is 2.36. The van der Waals surface area contributed by atoms with Gasteiger partial charge in [-0.3, -0.25) is 0 Å². The van der Waals surface area contributed by atoms with Crippen molar-refractivity contribution in [1.82, 2.24) is 10.2 Å². The molecule has 0 amide bonds. The quantitative estimate of drug-likeness (QED) is 0.535. The molecule has 0 saturated heterocycles. The molecular weight excluding hydrogens is 386 g/mol. The predicted molar refractivity (Wildman–Crippen MR) is 88.1 cm³/mol. The van der Waals surface area contributed by atoms with Gasteiger partial charge in [-0.05, 0) is 37.3 Å². The Morgan fingerprint density at radius 2 is 1.83 bits per heavy atom. The van der Waals surface area contributed by atoms with E-state index in [2.05, 4.69) is 26.1 Å².